The third-order valence-electron chi connectivity index (χ3n) is 5.15. The van der Waals surface area contributed by atoms with Gasteiger partial charge >= 0.3 is 0 Å². The topological polar surface area (TPSA) is 24.9 Å². The van der Waals surface area contributed by atoms with Gasteiger partial charge in [0.15, 0.2) is 0 Å². The van der Waals surface area contributed by atoms with Crippen LogP contribution in [0.25, 0.3) is 0 Å². The van der Waals surface area contributed by atoms with E-state index in [4.69, 9.17) is 9.47 Å². The summed E-state index contributed by atoms with van der Waals surface area (Å²) >= 11 is 0. The SMILES string of the molecule is CC(C)(C)[C@H]1CN(CCN2CCOCC2)C[C@@H](c2ccccc2)O1. The third kappa shape index (κ3) is 4.79. The third-order valence-corrected chi connectivity index (χ3v) is 5.15. The van der Waals surface area contributed by atoms with Crippen LogP contribution in [-0.2, 0) is 9.47 Å². The minimum absolute atomic E-state index is 0.157. The van der Waals surface area contributed by atoms with E-state index < -0.39 is 0 Å². The fourth-order valence-electron chi connectivity index (χ4n) is 3.45. The van der Waals surface area contributed by atoms with E-state index >= 15 is 0 Å². The zero-order chi connectivity index (χ0) is 17.0. The van der Waals surface area contributed by atoms with Crippen molar-refractivity contribution >= 4 is 0 Å². The highest BCUT2D eigenvalue weighted by atomic mass is 16.5. The van der Waals surface area contributed by atoms with Crippen LogP contribution in [0, 0.1) is 5.41 Å². The average Bonchev–Trinajstić information content (AvgIpc) is 2.61. The number of hydrogen-bond acceptors (Lipinski definition) is 4. The molecule has 2 aliphatic rings. The summed E-state index contributed by atoms with van der Waals surface area (Å²) in [5.74, 6) is 0. The van der Waals surface area contributed by atoms with Gasteiger partial charge in [0.2, 0.25) is 0 Å². The molecule has 4 nitrogen and oxygen atoms in total. The van der Waals surface area contributed by atoms with Crippen molar-refractivity contribution in [1.82, 2.24) is 9.80 Å². The van der Waals surface area contributed by atoms with Gasteiger partial charge in [0.05, 0.1) is 25.4 Å². The Bertz CT molecular complexity index is 494. The molecule has 0 bridgehead atoms. The standard InChI is InChI=1S/C20H32N2O2/c1-20(2,3)19-16-22(10-9-21-11-13-23-14-12-21)15-18(24-19)17-7-5-4-6-8-17/h4-8,18-19H,9-16H2,1-3H3/t18-,19+/m0/s1. The minimum atomic E-state index is 0.157. The molecule has 0 N–H and O–H groups in total. The average molecular weight is 332 g/mol. The summed E-state index contributed by atoms with van der Waals surface area (Å²) in [6, 6.07) is 10.7. The molecule has 134 valence electrons. The van der Waals surface area contributed by atoms with E-state index in [2.05, 4.69) is 60.9 Å². The number of ether oxygens (including phenoxy) is 2. The molecule has 3 rings (SSSR count). The van der Waals surface area contributed by atoms with Gasteiger partial charge in [0.25, 0.3) is 0 Å². The summed E-state index contributed by atoms with van der Waals surface area (Å²) < 4.78 is 11.9. The first-order valence-corrected chi connectivity index (χ1v) is 9.25. The van der Waals surface area contributed by atoms with Crippen molar-refractivity contribution < 1.29 is 9.47 Å². The molecular weight excluding hydrogens is 300 g/mol. The van der Waals surface area contributed by atoms with Crippen molar-refractivity contribution in [2.75, 3.05) is 52.5 Å². The van der Waals surface area contributed by atoms with Gasteiger partial charge in [-0.1, -0.05) is 51.1 Å². The Morgan fingerprint density at radius 1 is 0.958 bits per heavy atom. The molecule has 0 aliphatic carbocycles. The summed E-state index contributed by atoms with van der Waals surface area (Å²) in [5.41, 5.74) is 1.45. The first-order valence-electron chi connectivity index (χ1n) is 9.25. The summed E-state index contributed by atoms with van der Waals surface area (Å²) in [6.45, 7) is 15.0. The molecule has 0 unspecified atom stereocenters. The zero-order valence-corrected chi connectivity index (χ0v) is 15.4. The lowest BCUT2D eigenvalue weighted by Crippen LogP contribution is -2.51. The minimum Gasteiger partial charge on any atom is -0.379 e. The first kappa shape index (κ1) is 17.9. The maximum absolute atomic E-state index is 6.48. The van der Waals surface area contributed by atoms with Crippen molar-refractivity contribution in [2.24, 2.45) is 5.41 Å². The second-order valence-corrected chi connectivity index (χ2v) is 8.10. The summed E-state index contributed by atoms with van der Waals surface area (Å²) in [5, 5.41) is 0. The molecule has 0 spiro atoms. The number of hydrogen-bond donors (Lipinski definition) is 0. The molecule has 2 atom stereocenters. The van der Waals surface area contributed by atoms with Gasteiger partial charge in [-0.3, -0.25) is 9.80 Å². The molecule has 1 aromatic rings. The lowest BCUT2D eigenvalue weighted by atomic mass is 9.87. The van der Waals surface area contributed by atoms with Crippen LogP contribution in [0.15, 0.2) is 30.3 Å². The van der Waals surface area contributed by atoms with Gasteiger partial charge in [-0.2, -0.15) is 0 Å². The van der Waals surface area contributed by atoms with Gasteiger partial charge in [0, 0.05) is 39.3 Å². The predicted molar refractivity (Wildman–Crippen MR) is 97.2 cm³/mol. The van der Waals surface area contributed by atoms with E-state index in [0.717, 1.165) is 52.5 Å². The lowest BCUT2D eigenvalue weighted by molar-refractivity contribution is -0.130. The summed E-state index contributed by atoms with van der Waals surface area (Å²) in [4.78, 5) is 5.11. The lowest BCUT2D eigenvalue weighted by Gasteiger charge is -2.44. The van der Waals surface area contributed by atoms with Crippen molar-refractivity contribution in [3.05, 3.63) is 35.9 Å². The maximum Gasteiger partial charge on any atom is 0.0956 e. The highest BCUT2D eigenvalue weighted by molar-refractivity contribution is 5.18. The van der Waals surface area contributed by atoms with Crippen LogP contribution in [-0.4, -0.2) is 68.4 Å². The predicted octanol–water partition coefficient (Wildman–Crippen LogP) is 2.81. The van der Waals surface area contributed by atoms with Crippen molar-refractivity contribution in [3.63, 3.8) is 0 Å². The van der Waals surface area contributed by atoms with Crippen LogP contribution in [0.5, 0.6) is 0 Å². The molecule has 0 radical (unpaired) electrons. The first-order chi connectivity index (χ1) is 11.5. The molecule has 2 saturated heterocycles. The molecule has 24 heavy (non-hydrogen) atoms. The summed E-state index contributed by atoms with van der Waals surface area (Å²) in [6.07, 6.45) is 0.440. The monoisotopic (exact) mass is 332 g/mol. The quantitative estimate of drug-likeness (QED) is 0.846. The molecule has 2 fully saturated rings. The Kier molecular flexibility index (Phi) is 5.93. The van der Waals surface area contributed by atoms with E-state index in [9.17, 15) is 0 Å². The van der Waals surface area contributed by atoms with Crippen LogP contribution in [0.3, 0.4) is 0 Å². The largest absolute Gasteiger partial charge is 0.379 e. The Balaban J connectivity index is 1.64. The van der Waals surface area contributed by atoms with E-state index in [1.165, 1.54) is 5.56 Å². The smallest absolute Gasteiger partial charge is 0.0956 e. The van der Waals surface area contributed by atoms with E-state index in [1.54, 1.807) is 0 Å². The Labute approximate surface area is 146 Å². The Morgan fingerprint density at radius 3 is 2.29 bits per heavy atom. The van der Waals surface area contributed by atoms with Crippen LogP contribution in [0.4, 0.5) is 0 Å². The number of nitrogens with zero attached hydrogens (tertiary/aromatic N) is 2. The molecule has 0 amide bonds. The zero-order valence-electron chi connectivity index (χ0n) is 15.4. The van der Waals surface area contributed by atoms with Crippen LogP contribution in [0.2, 0.25) is 0 Å². The van der Waals surface area contributed by atoms with Crippen molar-refractivity contribution in [3.8, 4) is 0 Å². The maximum atomic E-state index is 6.48. The molecule has 2 aliphatic heterocycles. The highest BCUT2D eigenvalue weighted by Crippen LogP contribution is 2.33. The second kappa shape index (κ2) is 7.96. The van der Waals surface area contributed by atoms with Gasteiger partial charge < -0.3 is 9.47 Å². The van der Waals surface area contributed by atoms with Crippen LogP contribution in [0.1, 0.15) is 32.4 Å². The molecule has 2 heterocycles. The summed E-state index contributed by atoms with van der Waals surface area (Å²) in [7, 11) is 0. The van der Waals surface area contributed by atoms with E-state index in [0.29, 0.717) is 0 Å². The van der Waals surface area contributed by atoms with Gasteiger partial charge in [0.1, 0.15) is 0 Å². The van der Waals surface area contributed by atoms with E-state index in [1.807, 2.05) is 0 Å². The van der Waals surface area contributed by atoms with Crippen molar-refractivity contribution in [1.29, 1.82) is 0 Å². The van der Waals surface area contributed by atoms with Crippen LogP contribution >= 0.6 is 0 Å². The van der Waals surface area contributed by atoms with Gasteiger partial charge in [-0.15, -0.1) is 0 Å². The number of benzene rings is 1. The molecule has 1 aromatic carbocycles. The normalized spacial score (nSPS) is 27.3. The number of morpholine rings is 2. The Hall–Kier alpha value is -0.940. The highest BCUT2D eigenvalue weighted by Gasteiger charge is 2.35. The molecule has 4 heteroatoms. The molecule has 0 saturated carbocycles. The Morgan fingerprint density at radius 2 is 1.62 bits per heavy atom. The van der Waals surface area contributed by atoms with Gasteiger partial charge in [-0.05, 0) is 11.0 Å². The van der Waals surface area contributed by atoms with Crippen molar-refractivity contribution in [2.45, 2.75) is 33.0 Å². The molecular formula is C20H32N2O2. The van der Waals surface area contributed by atoms with Crippen LogP contribution < -0.4 is 0 Å². The van der Waals surface area contributed by atoms with E-state index in [-0.39, 0.29) is 17.6 Å². The van der Waals surface area contributed by atoms with Gasteiger partial charge in [-0.25, -0.2) is 0 Å². The fraction of sp³-hybridized carbons (Fsp3) is 0.700. The fourth-order valence-corrected chi connectivity index (χ4v) is 3.45. The molecule has 0 aromatic heterocycles. The second-order valence-electron chi connectivity index (χ2n) is 8.10. The number of rotatable bonds is 4.